The molecular weight excluding hydrogens is 404 g/mol. The van der Waals surface area contributed by atoms with Crippen molar-refractivity contribution in [3.8, 4) is 0 Å². The Morgan fingerprint density at radius 2 is 1.97 bits per heavy atom. The van der Waals surface area contributed by atoms with Gasteiger partial charge in [0, 0.05) is 29.4 Å². The van der Waals surface area contributed by atoms with E-state index in [-0.39, 0.29) is 11.8 Å². The van der Waals surface area contributed by atoms with Crippen LogP contribution < -0.4 is 5.32 Å². The van der Waals surface area contributed by atoms with E-state index in [9.17, 15) is 9.59 Å². The summed E-state index contributed by atoms with van der Waals surface area (Å²) in [4.78, 5) is 34.9. The molecule has 0 aliphatic carbocycles. The van der Waals surface area contributed by atoms with Gasteiger partial charge in [-0.05, 0) is 55.8 Å². The number of rotatable bonds is 4. The summed E-state index contributed by atoms with van der Waals surface area (Å²) in [6, 6.07) is 10.7. The zero-order valence-electron chi connectivity index (χ0n) is 16.9. The summed E-state index contributed by atoms with van der Waals surface area (Å²) in [7, 11) is 0. The molecule has 0 spiro atoms. The number of nitrogens with zero attached hydrogens (tertiary/aromatic N) is 2. The average molecular weight is 427 g/mol. The molecule has 0 bridgehead atoms. The molecule has 156 valence electrons. The lowest BCUT2D eigenvalue weighted by atomic mass is 10.1. The molecule has 2 heterocycles. The number of aromatic nitrogens is 2. The number of anilines is 1. The summed E-state index contributed by atoms with van der Waals surface area (Å²) >= 11 is 6.02. The molecular formula is C22H23ClN4O3. The zero-order chi connectivity index (χ0) is 21.3. The van der Waals surface area contributed by atoms with E-state index in [0.29, 0.717) is 48.4 Å². The summed E-state index contributed by atoms with van der Waals surface area (Å²) in [5.74, 6) is -0.110. The predicted octanol–water partition coefficient (Wildman–Crippen LogP) is 3.74. The molecule has 1 aromatic heterocycles. The molecule has 1 aliphatic rings. The first-order valence-electron chi connectivity index (χ1n) is 9.86. The van der Waals surface area contributed by atoms with Gasteiger partial charge in [-0.3, -0.25) is 9.59 Å². The number of aryl methyl sites for hydroxylation is 1. The number of benzene rings is 2. The van der Waals surface area contributed by atoms with Crippen molar-refractivity contribution in [3.05, 3.63) is 58.4 Å². The third kappa shape index (κ3) is 4.17. The Hall–Kier alpha value is -2.90. The molecule has 7 nitrogen and oxygen atoms in total. The lowest BCUT2D eigenvalue weighted by Gasteiger charge is -2.27. The number of aromatic amines is 1. The van der Waals surface area contributed by atoms with Crippen molar-refractivity contribution in [2.45, 2.75) is 19.8 Å². The summed E-state index contributed by atoms with van der Waals surface area (Å²) in [5, 5.41) is 3.52. The number of fused-ring (bicyclic) bond motifs is 1. The maximum absolute atomic E-state index is 12.7. The molecule has 1 unspecified atom stereocenters. The normalized spacial score (nSPS) is 15.2. The van der Waals surface area contributed by atoms with E-state index in [4.69, 9.17) is 16.3 Å². The number of carbonyl (C=O) groups is 2. The Morgan fingerprint density at radius 1 is 1.20 bits per heavy atom. The standard InChI is InChI=1S/C22H23ClN4O3/c1-13-11-16(4-5-17(13)22(29)27-7-9-30-10-8-27)24-21(28)14(2)20-25-18-6-3-15(23)12-19(18)26-20/h3-6,11-12,14H,7-10H2,1-2H3,(H,24,28)(H,25,26). The van der Waals surface area contributed by atoms with Crippen molar-refractivity contribution in [2.24, 2.45) is 0 Å². The number of nitrogens with one attached hydrogen (secondary N) is 2. The van der Waals surface area contributed by atoms with Crippen molar-refractivity contribution in [3.63, 3.8) is 0 Å². The van der Waals surface area contributed by atoms with E-state index in [1.165, 1.54) is 0 Å². The van der Waals surface area contributed by atoms with Crippen LogP contribution in [0.2, 0.25) is 5.02 Å². The molecule has 0 radical (unpaired) electrons. The lowest BCUT2D eigenvalue weighted by Crippen LogP contribution is -2.40. The molecule has 1 atom stereocenters. The summed E-state index contributed by atoms with van der Waals surface area (Å²) in [5.41, 5.74) is 3.64. The van der Waals surface area contributed by atoms with Gasteiger partial charge >= 0.3 is 0 Å². The molecule has 1 aliphatic heterocycles. The quantitative estimate of drug-likeness (QED) is 0.665. The number of H-pyrrole nitrogens is 1. The van der Waals surface area contributed by atoms with Crippen LogP contribution in [0.15, 0.2) is 36.4 Å². The van der Waals surface area contributed by atoms with E-state index < -0.39 is 5.92 Å². The number of ether oxygens (including phenoxy) is 1. The highest BCUT2D eigenvalue weighted by atomic mass is 35.5. The fourth-order valence-corrected chi connectivity index (χ4v) is 3.67. The molecule has 2 aromatic carbocycles. The fraction of sp³-hybridized carbons (Fsp3) is 0.318. The van der Waals surface area contributed by atoms with Crippen molar-refractivity contribution in [1.29, 1.82) is 0 Å². The van der Waals surface area contributed by atoms with Crippen molar-refractivity contribution < 1.29 is 14.3 Å². The molecule has 2 N–H and O–H groups in total. The fourth-order valence-electron chi connectivity index (χ4n) is 3.50. The highest BCUT2D eigenvalue weighted by Gasteiger charge is 2.22. The van der Waals surface area contributed by atoms with E-state index in [0.717, 1.165) is 16.6 Å². The van der Waals surface area contributed by atoms with Gasteiger partial charge in [0.2, 0.25) is 5.91 Å². The van der Waals surface area contributed by atoms with E-state index in [1.54, 1.807) is 36.1 Å². The minimum atomic E-state index is -0.480. The number of imidazole rings is 1. The van der Waals surface area contributed by atoms with Crippen LogP contribution in [-0.2, 0) is 9.53 Å². The summed E-state index contributed by atoms with van der Waals surface area (Å²) in [6.07, 6.45) is 0. The Bertz CT molecular complexity index is 1100. The molecule has 4 rings (SSSR count). The highest BCUT2D eigenvalue weighted by molar-refractivity contribution is 6.31. The maximum Gasteiger partial charge on any atom is 0.254 e. The van der Waals surface area contributed by atoms with Crippen molar-refractivity contribution in [2.75, 3.05) is 31.6 Å². The summed E-state index contributed by atoms with van der Waals surface area (Å²) in [6.45, 7) is 5.97. The van der Waals surface area contributed by atoms with Gasteiger partial charge in [-0.1, -0.05) is 11.6 Å². The van der Waals surface area contributed by atoms with Crippen LogP contribution in [0.3, 0.4) is 0 Å². The van der Waals surface area contributed by atoms with E-state index in [1.807, 2.05) is 19.1 Å². The second kappa shape index (κ2) is 8.45. The Kier molecular flexibility index (Phi) is 5.74. The largest absolute Gasteiger partial charge is 0.378 e. The summed E-state index contributed by atoms with van der Waals surface area (Å²) < 4.78 is 5.31. The number of amides is 2. The molecule has 8 heteroatoms. The highest BCUT2D eigenvalue weighted by Crippen LogP contribution is 2.23. The van der Waals surface area contributed by atoms with Gasteiger partial charge in [0.1, 0.15) is 5.82 Å². The van der Waals surface area contributed by atoms with Crippen LogP contribution in [0.4, 0.5) is 5.69 Å². The van der Waals surface area contributed by atoms with Crippen molar-refractivity contribution >= 4 is 40.1 Å². The van der Waals surface area contributed by atoms with Crippen LogP contribution in [-0.4, -0.2) is 53.0 Å². The second-order valence-electron chi connectivity index (χ2n) is 7.43. The maximum atomic E-state index is 12.7. The van der Waals surface area contributed by atoms with Gasteiger partial charge in [-0.25, -0.2) is 4.98 Å². The average Bonchev–Trinajstić information content (AvgIpc) is 3.16. The molecule has 1 fully saturated rings. The lowest BCUT2D eigenvalue weighted by molar-refractivity contribution is -0.117. The number of morpholine rings is 1. The SMILES string of the molecule is Cc1cc(NC(=O)C(C)c2nc3ccc(Cl)cc3[nH]2)ccc1C(=O)N1CCOCC1. The first-order valence-corrected chi connectivity index (χ1v) is 10.2. The smallest absolute Gasteiger partial charge is 0.254 e. The van der Waals surface area contributed by atoms with Crippen LogP contribution >= 0.6 is 11.6 Å². The topological polar surface area (TPSA) is 87.3 Å². The number of halogens is 1. The Labute approximate surface area is 179 Å². The first kappa shape index (κ1) is 20.4. The van der Waals surface area contributed by atoms with Gasteiger partial charge in [-0.2, -0.15) is 0 Å². The van der Waals surface area contributed by atoms with Gasteiger partial charge in [0.25, 0.3) is 5.91 Å². The third-order valence-electron chi connectivity index (χ3n) is 5.29. The Morgan fingerprint density at radius 3 is 2.70 bits per heavy atom. The van der Waals surface area contributed by atoms with Crippen molar-refractivity contribution in [1.82, 2.24) is 14.9 Å². The zero-order valence-corrected chi connectivity index (χ0v) is 17.6. The predicted molar refractivity (Wildman–Crippen MR) is 116 cm³/mol. The van der Waals surface area contributed by atoms with E-state index >= 15 is 0 Å². The minimum absolute atomic E-state index is 0.0111. The van der Waals surface area contributed by atoms with Gasteiger partial charge < -0.3 is 19.9 Å². The number of carbonyl (C=O) groups excluding carboxylic acids is 2. The Balaban J connectivity index is 1.47. The van der Waals surface area contributed by atoms with Crippen LogP contribution in [0.5, 0.6) is 0 Å². The third-order valence-corrected chi connectivity index (χ3v) is 5.52. The number of hydrogen-bond acceptors (Lipinski definition) is 4. The van der Waals surface area contributed by atoms with Gasteiger partial charge in [-0.15, -0.1) is 0 Å². The molecule has 0 saturated carbocycles. The second-order valence-corrected chi connectivity index (χ2v) is 7.87. The van der Waals surface area contributed by atoms with Crippen LogP contribution in [0, 0.1) is 6.92 Å². The number of hydrogen-bond donors (Lipinski definition) is 2. The van der Waals surface area contributed by atoms with Crippen LogP contribution in [0.25, 0.3) is 11.0 Å². The molecule has 1 saturated heterocycles. The van der Waals surface area contributed by atoms with Crippen LogP contribution in [0.1, 0.15) is 34.6 Å². The van der Waals surface area contributed by atoms with Gasteiger partial charge in [0.15, 0.2) is 0 Å². The molecule has 2 amide bonds. The molecule has 30 heavy (non-hydrogen) atoms. The first-order chi connectivity index (χ1) is 14.4. The minimum Gasteiger partial charge on any atom is -0.378 e. The van der Waals surface area contributed by atoms with E-state index in [2.05, 4.69) is 15.3 Å². The van der Waals surface area contributed by atoms with Gasteiger partial charge in [0.05, 0.1) is 30.2 Å². The monoisotopic (exact) mass is 426 g/mol. The molecule has 3 aromatic rings.